The van der Waals surface area contributed by atoms with Gasteiger partial charge in [-0.05, 0) is 38.0 Å². The molecule has 1 aliphatic heterocycles. The number of thioether (sulfide) groups is 1. The molecule has 0 aromatic rings. The first-order chi connectivity index (χ1) is 7.86. The van der Waals surface area contributed by atoms with Gasteiger partial charge in [0.25, 0.3) is 0 Å². The Kier molecular flexibility index (Phi) is 3.85. The highest BCUT2D eigenvalue weighted by Crippen LogP contribution is 2.55. The first-order valence-corrected chi connectivity index (χ1v) is 8.06. The maximum absolute atomic E-state index is 6.49. The molecule has 17 heavy (non-hydrogen) atoms. The van der Waals surface area contributed by atoms with Crippen LogP contribution in [0.4, 0.5) is 0 Å². The lowest BCUT2D eigenvalue weighted by Crippen LogP contribution is -2.52. The predicted octanol–water partition coefficient (Wildman–Crippen LogP) is 4.85. The van der Waals surface area contributed by atoms with E-state index in [2.05, 4.69) is 46.4 Å². The summed E-state index contributed by atoms with van der Waals surface area (Å²) < 4.78 is 6.87. The number of ether oxygens (including phenoxy) is 1. The van der Waals surface area contributed by atoms with Gasteiger partial charge in [0, 0.05) is 4.75 Å². The van der Waals surface area contributed by atoms with E-state index in [1.807, 2.05) is 0 Å². The van der Waals surface area contributed by atoms with Crippen molar-refractivity contribution >= 4 is 11.8 Å². The van der Waals surface area contributed by atoms with Gasteiger partial charge in [0.2, 0.25) is 0 Å². The Hall–Kier alpha value is 0.310. The van der Waals surface area contributed by atoms with E-state index in [9.17, 15) is 0 Å². The minimum atomic E-state index is 0.0521. The number of hydrogen-bond donors (Lipinski definition) is 0. The molecule has 0 radical (unpaired) electrons. The average Bonchev–Trinajstić information content (AvgIpc) is 2.14. The van der Waals surface area contributed by atoms with Gasteiger partial charge >= 0.3 is 0 Å². The van der Waals surface area contributed by atoms with Crippen molar-refractivity contribution in [3.63, 3.8) is 0 Å². The quantitative estimate of drug-likeness (QED) is 0.698. The van der Waals surface area contributed by atoms with Crippen molar-refractivity contribution in [3.05, 3.63) is 0 Å². The van der Waals surface area contributed by atoms with E-state index < -0.39 is 0 Å². The molecule has 2 rings (SSSR count). The second-order valence-corrected chi connectivity index (χ2v) is 8.89. The fourth-order valence-electron chi connectivity index (χ4n) is 3.79. The van der Waals surface area contributed by atoms with Crippen LogP contribution < -0.4 is 0 Å². The molecular weight excluding hydrogens is 228 g/mol. The highest BCUT2D eigenvalue weighted by molar-refractivity contribution is 8.01. The number of rotatable bonds is 2. The third-order valence-corrected chi connectivity index (χ3v) is 6.09. The third-order valence-electron chi connectivity index (χ3n) is 4.53. The van der Waals surface area contributed by atoms with Crippen molar-refractivity contribution in [3.8, 4) is 0 Å². The van der Waals surface area contributed by atoms with Crippen LogP contribution in [0.15, 0.2) is 0 Å². The SMILES string of the molecule is CCCC1(C)OC2CC(C)CCC2C(C)(C)S1. The molecule has 1 saturated carbocycles. The van der Waals surface area contributed by atoms with Crippen LogP contribution in [0.25, 0.3) is 0 Å². The Morgan fingerprint density at radius 1 is 1.24 bits per heavy atom. The zero-order valence-electron chi connectivity index (χ0n) is 12.1. The first kappa shape index (κ1) is 13.7. The van der Waals surface area contributed by atoms with Crippen molar-refractivity contribution in [2.75, 3.05) is 0 Å². The molecule has 4 unspecified atom stereocenters. The summed E-state index contributed by atoms with van der Waals surface area (Å²) in [5.41, 5.74) is 0. The van der Waals surface area contributed by atoms with E-state index in [1.165, 1.54) is 32.1 Å². The van der Waals surface area contributed by atoms with Gasteiger partial charge < -0.3 is 4.74 Å². The summed E-state index contributed by atoms with van der Waals surface area (Å²) in [6.07, 6.45) is 6.92. The van der Waals surface area contributed by atoms with Crippen molar-refractivity contribution in [2.45, 2.75) is 82.5 Å². The van der Waals surface area contributed by atoms with Gasteiger partial charge in [-0.3, -0.25) is 0 Å². The molecule has 1 heterocycles. The van der Waals surface area contributed by atoms with Gasteiger partial charge in [-0.2, -0.15) is 0 Å². The maximum atomic E-state index is 6.49. The van der Waals surface area contributed by atoms with Crippen LogP contribution in [0.5, 0.6) is 0 Å². The Morgan fingerprint density at radius 3 is 2.59 bits per heavy atom. The Bertz CT molecular complexity index is 273. The minimum Gasteiger partial charge on any atom is -0.361 e. The molecule has 2 heteroatoms. The lowest BCUT2D eigenvalue weighted by atomic mass is 9.74. The topological polar surface area (TPSA) is 9.23 Å². The predicted molar refractivity (Wildman–Crippen MR) is 76.4 cm³/mol. The molecule has 0 aromatic carbocycles. The Balaban J connectivity index is 2.16. The third kappa shape index (κ3) is 2.84. The molecule has 4 atom stereocenters. The monoisotopic (exact) mass is 256 g/mol. The summed E-state index contributed by atoms with van der Waals surface area (Å²) in [6.45, 7) is 11.8. The summed E-state index contributed by atoms with van der Waals surface area (Å²) in [6, 6.07) is 0. The molecule has 0 amide bonds. The lowest BCUT2D eigenvalue weighted by molar-refractivity contribution is -0.102. The first-order valence-electron chi connectivity index (χ1n) is 7.24. The zero-order valence-corrected chi connectivity index (χ0v) is 12.9. The molecule has 1 nitrogen and oxygen atoms in total. The molecule has 0 aromatic heterocycles. The fourth-order valence-corrected chi connectivity index (χ4v) is 5.81. The Morgan fingerprint density at radius 2 is 1.94 bits per heavy atom. The van der Waals surface area contributed by atoms with Crippen molar-refractivity contribution in [2.24, 2.45) is 11.8 Å². The van der Waals surface area contributed by atoms with E-state index in [0.717, 1.165) is 11.8 Å². The number of fused-ring (bicyclic) bond motifs is 1. The van der Waals surface area contributed by atoms with Gasteiger partial charge in [0.15, 0.2) is 0 Å². The number of hydrogen-bond acceptors (Lipinski definition) is 2. The summed E-state index contributed by atoms with van der Waals surface area (Å²) in [4.78, 5) is 0.0521. The summed E-state index contributed by atoms with van der Waals surface area (Å²) in [5, 5.41) is 0. The Labute approximate surface area is 111 Å². The van der Waals surface area contributed by atoms with Gasteiger partial charge in [0.05, 0.1) is 6.10 Å². The zero-order chi connectivity index (χ0) is 12.7. The highest BCUT2D eigenvalue weighted by Gasteiger charge is 2.50. The van der Waals surface area contributed by atoms with Gasteiger partial charge in [0.1, 0.15) is 4.93 Å². The molecule has 1 aliphatic carbocycles. The van der Waals surface area contributed by atoms with Crippen LogP contribution in [-0.2, 0) is 4.74 Å². The van der Waals surface area contributed by atoms with Crippen LogP contribution in [0, 0.1) is 11.8 Å². The lowest BCUT2D eigenvalue weighted by Gasteiger charge is -2.54. The smallest absolute Gasteiger partial charge is 0.111 e. The average molecular weight is 256 g/mol. The second-order valence-electron chi connectivity index (χ2n) is 6.77. The van der Waals surface area contributed by atoms with E-state index in [1.54, 1.807) is 0 Å². The largest absolute Gasteiger partial charge is 0.361 e. The molecular formula is C15H28OS. The van der Waals surface area contributed by atoms with Crippen LogP contribution in [-0.4, -0.2) is 15.8 Å². The molecule has 100 valence electrons. The normalized spacial score (nSPS) is 45.4. The van der Waals surface area contributed by atoms with Crippen molar-refractivity contribution in [1.82, 2.24) is 0 Å². The molecule has 0 N–H and O–H groups in total. The summed E-state index contributed by atoms with van der Waals surface area (Å²) in [5.74, 6) is 1.61. The molecule has 0 bridgehead atoms. The fraction of sp³-hybridized carbons (Fsp3) is 1.00. The summed E-state index contributed by atoms with van der Waals surface area (Å²) >= 11 is 2.08. The standard InChI is InChI=1S/C15H28OS/c1-6-9-15(5)16-13-10-11(2)7-8-12(13)14(3,4)17-15/h11-13H,6-10H2,1-5H3. The van der Waals surface area contributed by atoms with Crippen molar-refractivity contribution in [1.29, 1.82) is 0 Å². The minimum absolute atomic E-state index is 0.0521. The van der Waals surface area contributed by atoms with Crippen LogP contribution in [0.1, 0.15) is 66.7 Å². The van der Waals surface area contributed by atoms with Crippen LogP contribution in [0.2, 0.25) is 0 Å². The highest BCUT2D eigenvalue weighted by atomic mass is 32.2. The molecule has 2 fully saturated rings. The van der Waals surface area contributed by atoms with Crippen LogP contribution >= 0.6 is 11.8 Å². The van der Waals surface area contributed by atoms with E-state index >= 15 is 0 Å². The van der Waals surface area contributed by atoms with Crippen LogP contribution in [0.3, 0.4) is 0 Å². The van der Waals surface area contributed by atoms with Gasteiger partial charge in [-0.25, -0.2) is 0 Å². The van der Waals surface area contributed by atoms with Gasteiger partial charge in [-0.15, -0.1) is 11.8 Å². The molecule has 1 saturated heterocycles. The maximum Gasteiger partial charge on any atom is 0.111 e. The van der Waals surface area contributed by atoms with E-state index in [4.69, 9.17) is 4.74 Å². The van der Waals surface area contributed by atoms with Gasteiger partial charge in [-0.1, -0.05) is 40.5 Å². The van der Waals surface area contributed by atoms with E-state index in [0.29, 0.717) is 10.9 Å². The van der Waals surface area contributed by atoms with Crippen molar-refractivity contribution < 1.29 is 4.74 Å². The summed E-state index contributed by atoms with van der Waals surface area (Å²) in [7, 11) is 0. The molecule has 0 spiro atoms. The molecule has 2 aliphatic rings. The second kappa shape index (κ2) is 4.77. The van der Waals surface area contributed by atoms with E-state index in [-0.39, 0.29) is 4.93 Å².